The molecular formula is C33H28Cl2F3N7O5. The van der Waals surface area contributed by atoms with Crippen molar-refractivity contribution in [2.45, 2.75) is 38.4 Å². The third-order valence-corrected chi connectivity index (χ3v) is 8.25. The van der Waals surface area contributed by atoms with Gasteiger partial charge in [0, 0.05) is 40.4 Å². The minimum Gasteiger partial charge on any atom is -0.497 e. The molecule has 0 fully saturated rings. The standard InChI is InChI=1S/C31H27Cl2N7O3.C2HF3O2/c1-18-4-3-5-28(26-12-19(10-11-34-26)22-8-7-21(43-2)14-25(22)36-31(18)42)39-17-35-24(15-30(39)41)23-13-20(32)6-9-27(23)40-16-29(33)37-38-40;3-2(4,5)1(6)7/h6-18,28H,3-5H2,1-2H3,(H,36,42);(H,6,7)/t18-,28+;/m1./s1. The Kier molecular flexibility index (Phi) is 10.9. The molecule has 2 bridgehead atoms. The van der Waals surface area contributed by atoms with Gasteiger partial charge in [0.25, 0.3) is 5.56 Å². The van der Waals surface area contributed by atoms with Crippen molar-refractivity contribution in [1.29, 1.82) is 0 Å². The number of rotatable bonds is 4. The number of carbonyl (C=O) groups excluding carboxylic acids is 1. The monoisotopic (exact) mass is 729 g/mol. The molecule has 3 aromatic heterocycles. The lowest BCUT2D eigenvalue weighted by Crippen LogP contribution is -2.27. The number of hydrogen-bond acceptors (Lipinski definition) is 8. The van der Waals surface area contributed by atoms with Gasteiger partial charge in [0.05, 0.1) is 48.4 Å². The van der Waals surface area contributed by atoms with Crippen molar-refractivity contribution in [2.24, 2.45) is 5.92 Å². The molecule has 1 aliphatic heterocycles. The van der Waals surface area contributed by atoms with Gasteiger partial charge in [-0.05, 0) is 60.9 Å². The Hall–Kier alpha value is -5.28. The molecule has 4 heterocycles. The maximum atomic E-state index is 13.7. The number of methoxy groups -OCH3 is 1. The van der Waals surface area contributed by atoms with Gasteiger partial charge in [-0.25, -0.2) is 14.5 Å². The van der Waals surface area contributed by atoms with Crippen LogP contribution in [0.1, 0.15) is 37.9 Å². The topological polar surface area (TPSA) is 154 Å². The maximum absolute atomic E-state index is 13.7. The fourth-order valence-corrected chi connectivity index (χ4v) is 5.60. The van der Waals surface area contributed by atoms with Crippen molar-refractivity contribution in [3.8, 4) is 33.8 Å². The number of ether oxygens (including phenoxy) is 1. The first-order valence-corrected chi connectivity index (χ1v) is 15.7. The number of carboxylic acids is 1. The molecule has 2 atom stereocenters. The summed E-state index contributed by atoms with van der Waals surface area (Å²) in [6.07, 6.45) is 1.65. The predicted molar refractivity (Wildman–Crippen MR) is 179 cm³/mol. The van der Waals surface area contributed by atoms with Crippen LogP contribution in [-0.2, 0) is 9.59 Å². The first kappa shape index (κ1) is 36.0. The van der Waals surface area contributed by atoms with E-state index in [4.69, 9.17) is 37.8 Å². The highest BCUT2D eigenvalue weighted by atomic mass is 35.5. The number of hydrogen-bond donors (Lipinski definition) is 2. The second-order valence-corrected chi connectivity index (χ2v) is 12.0. The van der Waals surface area contributed by atoms with Gasteiger partial charge in [-0.3, -0.25) is 19.1 Å². The van der Waals surface area contributed by atoms with Gasteiger partial charge in [0.1, 0.15) is 5.75 Å². The van der Waals surface area contributed by atoms with Crippen molar-refractivity contribution >= 4 is 40.8 Å². The molecule has 50 heavy (non-hydrogen) atoms. The molecule has 1 amide bonds. The third kappa shape index (κ3) is 8.29. The van der Waals surface area contributed by atoms with Gasteiger partial charge in [0.15, 0.2) is 5.15 Å². The number of fused-ring (bicyclic) bond motifs is 4. The summed E-state index contributed by atoms with van der Waals surface area (Å²) >= 11 is 12.3. The molecular weight excluding hydrogens is 702 g/mol. The second kappa shape index (κ2) is 15.1. The van der Waals surface area contributed by atoms with Crippen LogP contribution < -0.4 is 15.6 Å². The zero-order valence-electron chi connectivity index (χ0n) is 26.4. The van der Waals surface area contributed by atoms with Crippen LogP contribution in [0, 0.1) is 5.92 Å². The summed E-state index contributed by atoms with van der Waals surface area (Å²) in [5.41, 5.74) is 4.44. The van der Waals surface area contributed by atoms with Crippen molar-refractivity contribution < 1.29 is 32.6 Å². The molecule has 2 N–H and O–H groups in total. The molecule has 0 radical (unpaired) electrons. The Labute approximate surface area is 292 Å². The Morgan fingerprint density at radius 2 is 1.78 bits per heavy atom. The lowest BCUT2D eigenvalue weighted by molar-refractivity contribution is -0.192. The van der Waals surface area contributed by atoms with Gasteiger partial charge in [-0.1, -0.05) is 41.8 Å². The van der Waals surface area contributed by atoms with Crippen LogP contribution in [0.25, 0.3) is 28.1 Å². The number of nitrogens with one attached hydrogen (secondary N) is 1. The van der Waals surface area contributed by atoms with Crippen LogP contribution in [-0.4, -0.2) is 59.8 Å². The van der Waals surface area contributed by atoms with Crippen molar-refractivity contribution in [1.82, 2.24) is 29.5 Å². The number of aromatic nitrogens is 6. The van der Waals surface area contributed by atoms with Crippen LogP contribution in [0.4, 0.5) is 18.9 Å². The number of carbonyl (C=O) groups is 2. The van der Waals surface area contributed by atoms with Crippen LogP contribution in [0.3, 0.4) is 0 Å². The van der Waals surface area contributed by atoms with Gasteiger partial charge in [-0.2, -0.15) is 13.2 Å². The quantitative estimate of drug-likeness (QED) is 0.202. The molecule has 1 aliphatic rings. The molecule has 0 aliphatic carbocycles. The molecule has 2 aromatic carbocycles. The maximum Gasteiger partial charge on any atom is 0.490 e. The molecule has 12 nitrogen and oxygen atoms in total. The van der Waals surface area contributed by atoms with E-state index in [-0.39, 0.29) is 22.5 Å². The normalized spacial score (nSPS) is 16.1. The number of alkyl halides is 3. The average Bonchev–Trinajstić information content (AvgIpc) is 3.52. The van der Waals surface area contributed by atoms with E-state index in [1.807, 2.05) is 37.3 Å². The molecule has 5 aromatic rings. The van der Waals surface area contributed by atoms with Gasteiger partial charge >= 0.3 is 12.1 Å². The lowest BCUT2D eigenvalue weighted by Gasteiger charge is -2.23. The summed E-state index contributed by atoms with van der Waals surface area (Å²) < 4.78 is 40.2. The molecule has 0 saturated carbocycles. The van der Waals surface area contributed by atoms with E-state index >= 15 is 0 Å². The molecule has 6 rings (SSSR count). The molecule has 17 heteroatoms. The number of anilines is 1. The number of carboxylic acid groups (broad SMARTS) is 1. The summed E-state index contributed by atoms with van der Waals surface area (Å²) in [5, 5.41) is 18.8. The Balaban J connectivity index is 0.000000630. The second-order valence-electron chi connectivity index (χ2n) is 11.2. The first-order chi connectivity index (χ1) is 23.7. The van der Waals surface area contributed by atoms with Gasteiger partial charge in [-0.15, -0.1) is 5.10 Å². The smallest absolute Gasteiger partial charge is 0.490 e. The van der Waals surface area contributed by atoms with Crippen molar-refractivity contribution in [3.63, 3.8) is 0 Å². The number of benzene rings is 2. The average molecular weight is 731 g/mol. The molecule has 260 valence electrons. The van der Waals surface area contributed by atoms with Crippen LogP contribution in [0.2, 0.25) is 10.2 Å². The fraction of sp³-hybridized carbons (Fsp3) is 0.242. The van der Waals surface area contributed by atoms with Gasteiger partial charge in [0.2, 0.25) is 5.91 Å². The third-order valence-electron chi connectivity index (χ3n) is 7.84. The van der Waals surface area contributed by atoms with E-state index in [1.165, 1.54) is 17.1 Å². The van der Waals surface area contributed by atoms with E-state index in [0.717, 1.165) is 16.8 Å². The predicted octanol–water partition coefficient (Wildman–Crippen LogP) is 6.85. The minimum absolute atomic E-state index is 0.0740. The van der Waals surface area contributed by atoms with Crippen molar-refractivity contribution in [3.05, 3.63) is 99.5 Å². The zero-order valence-corrected chi connectivity index (χ0v) is 27.9. The summed E-state index contributed by atoms with van der Waals surface area (Å²) in [6.45, 7) is 1.90. The summed E-state index contributed by atoms with van der Waals surface area (Å²) in [7, 11) is 1.59. The summed E-state index contributed by atoms with van der Waals surface area (Å²) in [6, 6.07) is 15.7. The zero-order chi connectivity index (χ0) is 36.2. The van der Waals surface area contributed by atoms with Crippen LogP contribution in [0.5, 0.6) is 5.75 Å². The Morgan fingerprint density at radius 3 is 2.44 bits per heavy atom. The molecule has 0 saturated heterocycles. The van der Waals surface area contributed by atoms with E-state index in [9.17, 15) is 22.8 Å². The van der Waals surface area contributed by atoms with Crippen LogP contribution in [0.15, 0.2) is 78.1 Å². The number of pyridine rings is 1. The Morgan fingerprint density at radius 1 is 1.02 bits per heavy atom. The first-order valence-electron chi connectivity index (χ1n) is 15.0. The SMILES string of the molecule is COc1ccc2c(c1)NC(=O)[C@H](C)CCC[C@H](n1cnc(-c3cc(Cl)ccc3-n3cc(Cl)nn3)cc1=O)c1cc-2ccn1.O=C(O)C(F)(F)F. The number of nitrogens with zero attached hydrogens (tertiary/aromatic N) is 6. The van der Waals surface area contributed by atoms with Crippen LogP contribution >= 0.6 is 23.2 Å². The largest absolute Gasteiger partial charge is 0.497 e. The van der Waals surface area contributed by atoms with E-state index in [0.29, 0.717) is 52.7 Å². The van der Waals surface area contributed by atoms with Crippen molar-refractivity contribution in [2.75, 3.05) is 12.4 Å². The summed E-state index contributed by atoms with van der Waals surface area (Å²) in [5.74, 6) is -2.43. The van der Waals surface area contributed by atoms with E-state index < -0.39 is 18.2 Å². The molecule has 0 spiro atoms. The summed E-state index contributed by atoms with van der Waals surface area (Å²) in [4.78, 5) is 45.1. The lowest BCUT2D eigenvalue weighted by atomic mass is 9.95. The molecule has 0 unspecified atom stereocenters. The van der Waals surface area contributed by atoms with E-state index in [2.05, 4.69) is 25.6 Å². The number of amides is 1. The fourth-order valence-electron chi connectivity index (χ4n) is 5.30. The Bertz CT molecular complexity index is 2100. The number of halogens is 5. The van der Waals surface area contributed by atoms with E-state index in [1.54, 1.807) is 42.3 Å². The highest BCUT2D eigenvalue weighted by Gasteiger charge is 2.38. The highest BCUT2D eigenvalue weighted by Crippen LogP contribution is 2.35. The van der Waals surface area contributed by atoms with Gasteiger partial charge < -0.3 is 15.2 Å². The highest BCUT2D eigenvalue weighted by molar-refractivity contribution is 6.31. The number of aliphatic carboxylic acids is 1. The minimum atomic E-state index is -5.08.